The molecule has 0 atom stereocenters. The zero-order valence-corrected chi connectivity index (χ0v) is 22.2. The van der Waals surface area contributed by atoms with Gasteiger partial charge in [-0.15, -0.1) is 35.7 Å². The quantitative estimate of drug-likeness (QED) is 0.236. The molecule has 8 heteroatoms. The average molecular weight is 555 g/mol. The molecule has 2 aromatic rings. The molecule has 0 saturated carbocycles. The van der Waals surface area contributed by atoms with Crippen molar-refractivity contribution in [3.8, 4) is 0 Å². The van der Waals surface area contributed by atoms with E-state index in [2.05, 4.69) is 80.8 Å². The number of aliphatic imine (C=N–C) groups is 1. The van der Waals surface area contributed by atoms with Crippen molar-refractivity contribution in [3.05, 3.63) is 53.2 Å². The van der Waals surface area contributed by atoms with Gasteiger partial charge in [0.15, 0.2) is 5.96 Å². The number of benzene rings is 1. The van der Waals surface area contributed by atoms with Crippen LogP contribution in [0.1, 0.15) is 23.6 Å². The Hall–Kier alpha value is -1.52. The molecule has 1 fully saturated rings. The first-order valence-electron chi connectivity index (χ1n) is 10.6. The van der Waals surface area contributed by atoms with E-state index in [4.69, 9.17) is 0 Å². The molecule has 1 aliphatic heterocycles. The van der Waals surface area contributed by atoms with Crippen molar-refractivity contribution in [3.63, 3.8) is 0 Å². The second-order valence-electron chi connectivity index (χ2n) is 7.54. The van der Waals surface area contributed by atoms with Gasteiger partial charge >= 0.3 is 0 Å². The van der Waals surface area contributed by atoms with Crippen LogP contribution in [-0.4, -0.2) is 61.9 Å². The highest BCUT2D eigenvalue weighted by molar-refractivity contribution is 14.0. The van der Waals surface area contributed by atoms with Crippen LogP contribution in [0.15, 0.2) is 46.4 Å². The number of pyridine rings is 1. The summed E-state index contributed by atoms with van der Waals surface area (Å²) in [5.41, 5.74) is 3.78. The fourth-order valence-corrected chi connectivity index (χ4v) is 4.33. The minimum absolute atomic E-state index is 0. The van der Waals surface area contributed by atoms with Crippen molar-refractivity contribution < 1.29 is 0 Å². The Labute approximate surface area is 208 Å². The van der Waals surface area contributed by atoms with Gasteiger partial charge in [-0.3, -0.25) is 4.99 Å². The maximum Gasteiger partial charge on any atom is 0.191 e. The monoisotopic (exact) mass is 554 g/mol. The Morgan fingerprint density at radius 3 is 2.52 bits per heavy atom. The molecule has 0 bridgehead atoms. The molecule has 1 aromatic carbocycles. The molecule has 0 radical (unpaired) electrons. The maximum absolute atomic E-state index is 4.59. The number of nitrogens with one attached hydrogen (secondary N) is 2. The number of anilines is 1. The zero-order chi connectivity index (χ0) is 21.3. The van der Waals surface area contributed by atoms with E-state index in [1.54, 1.807) is 11.8 Å². The smallest absolute Gasteiger partial charge is 0.191 e. The second kappa shape index (κ2) is 13.1. The SMILES string of the molecule is CCN1CCN(c2cc(CNC(=NC)NCc3ccc(C)cc3SC)ccn2)CC1.I. The van der Waals surface area contributed by atoms with E-state index < -0.39 is 0 Å². The summed E-state index contributed by atoms with van der Waals surface area (Å²) in [4.78, 5) is 15.1. The van der Waals surface area contributed by atoms with Crippen LogP contribution in [-0.2, 0) is 13.1 Å². The molecule has 1 aliphatic rings. The lowest BCUT2D eigenvalue weighted by Gasteiger charge is -2.34. The molecular formula is C23H35IN6S. The van der Waals surface area contributed by atoms with Gasteiger partial charge in [-0.1, -0.05) is 19.1 Å². The lowest BCUT2D eigenvalue weighted by Crippen LogP contribution is -2.46. The van der Waals surface area contributed by atoms with E-state index >= 15 is 0 Å². The second-order valence-corrected chi connectivity index (χ2v) is 8.39. The van der Waals surface area contributed by atoms with Crippen LogP contribution >= 0.6 is 35.7 Å². The molecule has 1 saturated heterocycles. The molecule has 170 valence electrons. The molecule has 1 aromatic heterocycles. The minimum Gasteiger partial charge on any atom is -0.354 e. The number of halogens is 1. The first-order valence-corrected chi connectivity index (χ1v) is 11.9. The zero-order valence-electron chi connectivity index (χ0n) is 19.0. The van der Waals surface area contributed by atoms with Crippen LogP contribution in [0.25, 0.3) is 0 Å². The summed E-state index contributed by atoms with van der Waals surface area (Å²) < 4.78 is 0. The third kappa shape index (κ3) is 7.54. The van der Waals surface area contributed by atoms with Crippen LogP contribution in [0.4, 0.5) is 5.82 Å². The normalized spacial score (nSPS) is 14.8. The predicted octanol–water partition coefficient (Wildman–Crippen LogP) is 3.74. The third-order valence-corrected chi connectivity index (χ3v) is 6.35. The molecule has 2 N–H and O–H groups in total. The van der Waals surface area contributed by atoms with Gasteiger partial charge in [-0.25, -0.2) is 4.98 Å². The van der Waals surface area contributed by atoms with Crippen LogP contribution in [0.5, 0.6) is 0 Å². The van der Waals surface area contributed by atoms with Gasteiger partial charge in [0.1, 0.15) is 5.82 Å². The molecule has 0 aliphatic carbocycles. The summed E-state index contributed by atoms with van der Waals surface area (Å²) in [7, 11) is 1.81. The van der Waals surface area contributed by atoms with E-state index in [1.807, 2.05) is 13.2 Å². The fraction of sp³-hybridized carbons (Fsp3) is 0.478. The van der Waals surface area contributed by atoms with Crippen molar-refractivity contribution in [2.45, 2.75) is 31.8 Å². The van der Waals surface area contributed by atoms with E-state index in [0.717, 1.165) is 51.0 Å². The number of thioether (sulfide) groups is 1. The molecule has 0 spiro atoms. The van der Waals surface area contributed by atoms with E-state index in [9.17, 15) is 0 Å². The lowest BCUT2D eigenvalue weighted by atomic mass is 10.1. The van der Waals surface area contributed by atoms with Gasteiger partial charge in [0, 0.05) is 57.4 Å². The number of hydrogen-bond donors (Lipinski definition) is 2. The van der Waals surface area contributed by atoms with Crippen molar-refractivity contribution in [2.75, 3.05) is 50.9 Å². The highest BCUT2D eigenvalue weighted by Crippen LogP contribution is 2.21. The summed E-state index contributed by atoms with van der Waals surface area (Å²) in [6.07, 6.45) is 4.03. The summed E-state index contributed by atoms with van der Waals surface area (Å²) in [6, 6.07) is 10.8. The van der Waals surface area contributed by atoms with E-state index in [0.29, 0.717) is 6.54 Å². The Balaban J connectivity index is 0.00000341. The van der Waals surface area contributed by atoms with Gasteiger partial charge in [0.2, 0.25) is 0 Å². The van der Waals surface area contributed by atoms with Gasteiger partial charge in [0.25, 0.3) is 0 Å². The Morgan fingerprint density at radius 1 is 1.10 bits per heavy atom. The number of aromatic nitrogens is 1. The fourth-order valence-electron chi connectivity index (χ4n) is 3.62. The van der Waals surface area contributed by atoms with Crippen molar-refractivity contribution >= 4 is 47.5 Å². The van der Waals surface area contributed by atoms with Crippen LogP contribution < -0.4 is 15.5 Å². The number of piperazine rings is 1. The summed E-state index contributed by atoms with van der Waals surface area (Å²) in [5.74, 6) is 1.87. The van der Waals surface area contributed by atoms with Crippen molar-refractivity contribution in [1.29, 1.82) is 0 Å². The summed E-state index contributed by atoms with van der Waals surface area (Å²) in [6.45, 7) is 11.2. The van der Waals surface area contributed by atoms with Crippen LogP contribution in [0, 0.1) is 6.92 Å². The highest BCUT2D eigenvalue weighted by Gasteiger charge is 2.16. The Morgan fingerprint density at radius 2 is 1.84 bits per heavy atom. The topological polar surface area (TPSA) is 55.8 Å². The molecule has 3 rings (SSSR count). The predicted molar refractivity (Wildman–Crippen MR) is 144 cm³/mol. The number of rotatable bonds is 7. The number of aryl methyl sites for hydroxylation is 1. The maximum atomic E-state index is 4.59. The molecule has 6 nitrogen and oxygen atoms in total. The third-order valence-electron chi connectivity index (χ3n) is 5.53. The molecule has 0 unspecified atom stereocenters. The molecule has 0 amide bonds. The highest BCUT2D eigenvalue weighted by atomic mass is 127. The number of likely N-dealkylation sites (N-methyl/N-ethyl adjacent to an activating group) is 1. The first-order chi connectivity index (χ1) is 14.6. The van der Waals surface area contributed by atoms with Crippen molar-refractivity contribution in [2.24, 2.45) is 4.99 Å². The molecule has 2 heterocycles. The number of hydrogen-bond acceptors (Lipinski definition) is 5. The minimum atomic E-state index is 0. The van der Waals surface area contributed by atoms with E-state index in [1.165, 1.54) is 21.6 Å². The van der Waals surface area contributed by atoms with Gasteiger partial charge < -0.3 is 20.4 Å². The average Bonchev–Trinajstić information content (AvgIpc) is 2.80. The Bertz CT molecular complexity index is 852. The lowest BCUT2D eigenvalue weighted by molar-refractivity contribution is 0.270. The van der Waals surface area contributed by atoms with Gasteiger partial charge in [-0.05, 0) is 54.6 Å². The standard InChI is InChI=1S/C23H34N6S.HI/c1-5-28-10-12-29(13-11-28)22-15-19(8-9-25-22)16-26-23(24-3)27-17-20-7-6-18(2)14-21(20)30-4;/h6-9,14-15H,5,10-13,16-17H2,1-4H3,(H2,24,26,27);1H. The number of nitrogens with zero attached hydrogens (tertiary/aromatic N) is 4. The van der Waals surface area contributed by atoms with Crippen LogP contribution in [0.2, 0.25) is 0 Å². The summed E-state index contributed by atoms with van der Waals surface area (Å²) >= 11 is 1.78. The van der Waals surface area contributed by atoms with Crippen molar-refractivity contribution in [1.82, 2.24) is 20.5 Å². The first kappa shape index (κ1) is 25.7. The molecule has 31 heavy (non-hydrogen) atoms. The molecular weight excluding hydrogens is 519 g/mol. The van der Waals surface area contributed by atoms with Gasteiger partial charge in [0.05, 0.1) is 0 Å². The summed E-state index contributed by atoms with van der Waals surface area (Å²) in [5, 5.41) is 6.86. The number of guanidine groups is 1. The van der Waals surface area contributed by atoms with E-state index in [-0.39, 0.29) is 24.0 Å². The van der Waals surface area contributed by atoms with Crippen LogP contribution in [0.3, 0.4) is 0 Å². The van der Waals surface area contributed by atoms with Gasteiger partial charge in [-0.2, -0.15) is 0 Å². The largest absolute Gasteiger partial charge is 0.354 e. The Kier molecular flexibility index (Phi) is 10.9.